The van der Waals surface area contributed by atoms with Gasteiger partial charge in [-0.15, -0.1) is 0 Å². The van der Waals surface area contributed by atoms with Crippen LogP contribution in [0.25, 0.3) is 0 Å². The molecule has 0 saturated carbocycles. The lowest BCUT2D eigenvalue weighted by atomic mass is 9.86. The highest BCUT2D eigenvalue weighted by Crippen LogP contribution is 2.29. The first kappa shape index (κ1) is 19.9. The Morgan fingerprint density at radius 3 is 2.23 bits per heavy atom. The lowest BCUT2D eigenvalue weighted by molar-refractivity contribution is -0.114. The Labute approximate surface area is 153 Å². The highest BCUT2D eigenvalue weighted by molar-refractivity contribution is 7.92. The van der Waals surface area contributed by atoms with Gasteiger partial charge in [-0.2, -0.15) is 0 Å². The first-order chi connectivity index (χ1) is 12.0. The number of carbonyl (C=O) groups excluding carboxylic acids is 1. The highest BCUT2D eigenvalue weighted by atomic mass is 32.2. The van der Waals surface area contributed by atoms with Gasteiger partial charge in [-0.3, -0.25) is 9.10 Å². The van der Waals surface area contributed by atoms with Gasteiger partial charge in [-0.25, -0.2) is 12.8 Å². The number of amides is 1. The molecule has 0 atom stereocenters. The maximum absolute atomic E-state index is 14.0. The van der Waals surface area contributed by atoms with Crippen LogP contribution >= 0.6 is 0 Å². The van der Waals surface area contributed by atoms with Crippen LogP contribution in [0.4, 0.5) is 15.8 Å². The van der Waals surface area contributed by atoms with Gasteiger partial charge < -0.3 is 5.32 Å². The molecule has 0 aliphatic heterocycles. The van der Waals surface area contributed by atoms with Crippen LogP contribution in [0.15, 0.2) is 48.5 Å². The summed E-state index contributed by atoms with van der Waals surface area (Å²) in [6, 6.07) is 12.8. The lowest BCUT2D eigenvalue weighted by Gasteiger charge is -2.25. The van der Waals surface area contributed by atoms with E-state index in [2.05, 4.69) is 5.32 Å². The number of hydrogen-bond donors (Lipinski definition) is 1. The second kappa shape index (κ2) is 7.45. The minimum atomic E-state index is -3.83. The summed E-state index contributed by atoms with van der Waals surface area (Å²) in [5.41, 5.74) is 1.16. The van der Waals surface area contributed by atoms with Crippen molar-refractivity contribution in [3.05, 3.63) is 59.9 Å². The summed E-state index contributed by atoms with van der Waals surface area (Å²) in [4.78, 5) is 12.5. The van der Waals surface area contributed by atoms with Gasteiger partial charge in [0.05, 0.1) is 11.9 Å². The fraction of sp³-hybridized carbons (Fsp3) is 0.316. The number of anilines is 2. The number of halogens is 1. The van der Waals surface area contributed by atoms with E-state index in [1.165, 1.54) is 18.2 Å². The Morgan fingerprint density at radius 2 is 1.65 bits per heavy atom. The van der Waals surface area contributed by atoms with E-state index in [4.69, 9.17) is 0 Å². The number of sulfonamides is 1. The van der Waals surface area contributed by atoms with Crippen molar-refractivity contribution in [2.24, 2.45) is 0 Å². The predicted molar refractivity (Wildman–Crippen MR) is 102 cm³/mol. The van der Waals surface area contributed by atoms with Crippen LogP contribution in [0.2, 0.25) is 0 Å². The molecule has 0 saturated heterocycles. The maximum Gasteiger partial charge on any atom is 0.245 e. The van der Waals surface area contributed by atoms with E-state index >= 15 is 0 Å². The number of nitrogens with one attached hydrogen (secondary N) is 1. The summed E-state index contributed by atoms with van der Waals surface area (Å²) < 4.78 is 38.9. The summed E-state index contributed by atoms with van der Waals surface area (Å²) in [5, 5.41) is 2.74. The van der Waals surface area contributed by atoms with E-state index in [1.54, 1.807) is 12.1 Å². The molecule has 140 valence electrons. The fourth-order valence-corrected chi connectivity index (χ4v) is 3.46. The molecule has 0 radical (unpaired) electrons. The monoisotopic (exact) mass is 378 g/mol. The molecule has 5 nitrogen and oxygen atoms in total. The van der Waals surface area contributed by atoms with Gasteiger partial charge in [0.2, 0.25) is 15.9 Å². The Hall–Kier alpha value is -2.41. The molecule has 26 heavy (non-hydrogen) atoms. The molecule has 0 spiro atoms. The van der Waals surface area contributed by atoms with Gasteiger partial charge in [0, 0.05) is 5.69 Å². The van der Waals surface area contributed by atoms with Crippen LogP contribution in [0.5, 0.6) is 0 Å². The van der Waals surface area contributed by atoms with Crippen molar-refractivity contribution in [1.29, 1.82) is 0 Å². The smallest absolute Gasteiger partial charge is 0.245 e. The van der Waals surface area contributed by atoms with Gasteiger partial charge in [-0.05, 0) is 29.2 Å². The van der Waals surface area contributed by atoms with Crippen molar-refractivity contribution in [3.63, 3.8) is 0 Å². The van der Waals surface area contributed by atoms with E-state index in [9.17, 15) is 17.6 Å². The zero-order valence-electron chi connectivity index (χ0n) is 15.3. The van der Waals surface area contributed by atoms with Crippen LogP contribution in [-0.4, -0.2) is 27.1 Å². The normalized spacial score (nSPS) is 11.9. The molecule has 1 N–H and O–H groups in total. The number of hydrogen-bond acceptors (Lipinski definition) is 3. The van der Waals surface area contributed by atoms with Crippen LogP contribution in [-0.2, 0) is 20.2 Å². The van der Waals surface area contributed by atoms with Crippen molar-refractivity contribution in [3.8, 4) is 0 Å². The second-order valence-electron chi connectivity index (χ2n) is 7.06. The highest BCUT2D eigenvalue weighted by Gasteiger charge is 2.24. The third-order valence-electron chi connectivity index (χ3n) is 3.82. The molecular formula is C19H23FN2O3S. The van der Waals surface area contributed by atoms with Crippen molar-refractivity contribution >= 4 is 27.3 Å². The molecule has 0 aliphatic carbocycles. The average Bonchev–Trinajstić information content (AvgIpc) is 2.52. The molecule has 2 aromatic carbocycles. The third kappa shape index (κ3) is 4.82. The minimum absolute atomic E-state index is 0.158. The Kier molecular flexibility index (Phi) is 5.71. The standard InChI is InChI=1S/C19H23FN2O3S/c1-19(2,3)14-9-5-7-11-16(14)21-18(23)13-22(26(4,24)25)17-12-8-6-10-15(17)20/h5-12H,13H2,1-4H3,(H,21,23). The average molecular weight is 378 g/mol. The van der Waals surface area contributed by atoms with E-state index in [0.717, 1.165) is 22.2 Å². The molecule has 0 fully saturated rings. The zero-order valence-corrected chi connectivity index (χ0v) is 16.1. The maximum atomic E-state index is 14.0. The number of nitrogens with zero attached hydrogens (tertiary/aromatic N) is 1. The molecule has 0 heterocycles. The van der Waals surface area contributed by atoms with Crippen LogP contribution in [0, 0.1) is 5.82 Å². The predicted octanol–water partition coefficient (Wildman–Crippen LogP) is 3.53. The molecule has 0 aromatic heterocycles. The summed E-state index contributed by atoms with van der Waals surface area (Å²) >= 11 is 0. The summed E-state index contributed by atoms with van der Waals surface area (Å²) in [5.74, 6) is -1.25. The first-order valence-electron chi connectivity index (χ1n) is 8.12. The minimum Gasteiger partial charge on any atom is -0.324 e. The van der Waals surface area contributed by atoms with Crippen molar-refractivity contribution < 1.29 is 17.6 Å². The van der Waals surface area contributed by atoms with E-state index in [1.807, 2.05) is 32.9 Å². The molecule has 2 rings (SSSR count). The fourth-order valence-electron chi connectivity index (χ4n) is 2.60. The van der Waals surface area contributed by atoms with Crippen molar-refractivity contribution in [2.45, 2.75) is 26.2 Å². The molecule has 7 heteroatoms. The van der Waals surface area contributed by atoms with Crippen LogP contribution in [0.3, 0.4) is 0 Å². The second-order valence-corrected chi connectivity index (χ2v) is 8.97. The largest absolute Gasteiger partial charge is 0.324 e. The quantitative estimate of drug-likeness (QED) is 0.866. The molecule has 2 aromatic rings. The van der Waals surface area contributed by atoms with E-state index in [0.29, 0.717) is 5.69 Å². The summed E-state index contributed by atoms with van der Waals surface area (Å²) in [7, 11) is -3.83. The Bertz CT molecular complexity index is 905. The number of rotatable bonds is 5. The molecule has 1 amide bonds. The van der Waals surface area contributed by atoms with Gasteiger partial charge in [0.1, 0.15) is 12.4 Å². The molecule has 0 aliphatic rings. The van der Waals surface area contributed by atoms with Crippen LogP contribution < -0.4 is 9.62 Å². The third-order valence-corrected chi connectivity index (χ3v) is 4.94. The van der Waals surface area contributed by atoms with Gasteiger partial charge >= 0.3 is 0 Å². The Balaban J connectivity index is 2.29. The lowest BCUT2D eigenvalue weighted by Crippen LogP contribution is -2.38. The summed E-state index contributed by atoms with van der Waals surface area (Å²) in [6.07, 6.45) is 0.940. The van der Waals surface area contributed by atoms with Crippen LogP contribution in [0.1, 0.15) is 26.3 Å². The SMILES string of the molecule is CC(C)(C)c1ccccc1NC(=O)CN(c1ccccc1F)S(C)(=O)=O. The number of carbonyl (C=O) groups is 1. The summed E-state index contributed by atoms with van der Waals surface area (Å²) in [6.45, 7) is 5.53. The number of para-hydroxylation sites is 2. The van der Waals surface area contributed by atoms with Gasteiger partial charge in [0.15, 0.2) is 0 Å². The molecule has 0 unspecified atom stereocenters. The van der Waals surface area contributed by atoms with Gasteiger partial charge in [-0.1, -0.05) is 51.1 Å². The first-order valence-corrected chi connectivity index (χ1v) is 9.96. The van der Waals surface area contributed by atoms with E-state index in [-0.39, 0.29) is 11.1 Å². The van der Waals surface area contributed by atoms with Crippen molar-refractivity contribution in [1.82, 2.24) is 0 Å². The van der Waals surface area contributed by atoms with E-state index < -0.39 is 28.3 Å². The molecule has 0 bridgehead atoms. The van der Waals surface area contributed by atoms with Crippen molar-refractivity contribution in [2.75, 3.05) is 22.4 Å². The topological polar surface area (TPSA) is 66.5 Å². The number of benzene rings is 2. The zero-order chi connectivity index (χ0) is 19.5. The Morgan fingerprint density at radius 1 is 1.08 bits per heavy atom. The molecular weight excluding hydrogens is 355 g/mol. The van der Waals surface area contributed by atoms with Gasteiger partial charge in [0.25, 0.3) is 0 Å².